The number of aromatic nitrogens is 1. The van der Waals surface area contributed by atoms with Gasteiger partial charge in [-0.2, -0.15) is 0 Å². The highest BCUT2D eigenvalue weighted by molar-refractivity contribution is 5.89. The molecule has 1 atom stereocenters. The molecule has 0 saturated heterocycles. The predicted octanol–water partition coefficient (Wildman–Crippen LogP) is 1.80. The van der Waals surface area contributed by atoms with Crippen molar-refractivity contribution in [3.63, 3.8) is 0 Å². The van der Waals surface area contributed by atoms with E-state index in [9.17, 15) is 4.79 Å². The van der Waals surface area contributed by atoms with Crippen LogP contribution in [0.2, 0.25) is 0 Å². The van der Waals surface area contributed by atoms with Crippen molar-refractivity contribution >= 4 is 11.7 Å². The quantitative estimate of drug-likeness (QED) is 0.796. The Hall–Kier alpha value is -1.86. The standard InChI is InChI=1S/C14H18N2O2/c1-3-11(2)10-14(18)16-13-8-4-6-12(15-13)7-5-9-17/h4,6,8,11,17H,3,9-10H2,1-2H3,(H,15,16,18). The maximum absolute atomic E-state index is 11.7. The van der Waals surface area contributed by atoms with E-state index in [-0.39, 0.29) is 12.5 Å². The van der Waals surface area contributed by atoms with Crippen LogP contribution in [-0.4, -0.2) is 22.6 Å². The fourth-order valence-corrected chi connectivity index (χ4v) is 1.36. The molecule has 18 heavy (non-hydrogen) atoms. The van der Waals surface area contributed by atoms with Crippen molar-refractivity contribution in [1.82, 2.24) is 4.98 Å². The third-order valence-corrected chi connectivity index (χ3v) is 2.54. The molecule has 1 aromatic rings. The second kappa shape index (κ2) is 7.46. The van der Waals surface area contributed by atoms with Crippen LogP contribution in [0.3, 0.4) is 0 Å². The van der Waals surface area contributed by atoms with E-state index >= 15 is 0 Å². The molecule has 0 spiro atoms. The van der Waals surface area contributed by atoms with Gasteiger partial charge in [-0.3, -0.25) is 4.79 Å². The Morgan fingerprint density at radius 2 is 2.33 bits per heavy atom. The number of nitrogens with zero attached hydrogens (tertiary/aromatic N) is 1. The summed E-state index contributed by atoms with van der Waals surface area (Å²) in [4.78, 5) is 15.8. The lowest BCUT2D eigenvalue weighted by atomic mass is 10.1. The first-order valence-electron chi connectivity index (χ1n) is 6.02. The highest BCUT2D eigenvalue weighted by Gasteiger charge is 2.08. The lowest BCUT2D eigenvalue weighted by Gasteiger charge is -2.08. The lowest BCUT2D eigenvalue weighted by molar-refractivity contribution is -0.117. The number of aliphatic hydroxyl groups is 1. The van der Waals surface area contributed by atoms with E-state index in [0.29, 0.717) is 23.9 Å². The summed E-state index contributed by atoms with van der Waals surface area (Å²) in [6, 6.07) is 5.22. The molecular weight excluding hydrogens is 228 g/mol. The van der Waals surface area contributed by atoms with E-state index in [1.807, 2.05) is 6.92 Å². The second-order valence-electron chi connectivity index (χ2n) is 4.13. The summed E-state index contributed by atoms with van der Waals surface area (Å²) >= 11 is 0. The van der Waals surface area contributed by atoms with Gasteiger partial charge in [0.2, 0.25) is 5.91 Å². The molecule has 1 unspecified atom stereocenters. The monoisotopic (exact) mass is 246 g/mol. The van der Waals surface area contributed by atoms with Gasteiger partial charge >= 0.3 is 0 Å². The van der Waals surface area contributed by atoms with Crippen LogP contribution in [0.25, 0.3) is 0 Å². The Balaban J connectivity index is 2.64. The number of carbonyl (C=O) groups excluding carboxylic acids is 1. The summed E-state index contributed by atoms with van der Waals surface area (Å²) in [5, 5.41) is 11.3. The largest absolute Gasteiger partial charge is 0.384 e. The van der Waals surface area contributed by atoms with E-state index in [2.05, 4.69) is 29.1 Å². The number of rotatable bonds is 4. The van der Waals surface area contributed by atoms with Crippen LogP contribution in [0.5, 0.6) is 0 Å². The molecule has 0 fully saturated rings. The summed E-state index contributed by atoms with van der Waals surface area (Å²) in [5.41, 5.74) is 0.533. The van der Waals surface area contributed by atoms with Gasteiger partial charge in [0.15, 0.2) is 0 Å². The van der Waals surface area contributed by atoms with E-state index < -0.39 is 0 Å². The number of anilines is 1. The topological polar surface area (TPSA) is 62.2 Å². The second-order valence-corrected chi connectivity index (χ2v) is 4.13. The highest BCUT2D eigenvalue weighted by atomic mass is 16.2. The smallest absolute Gasteiger partial charge is 0.225 e. The van der Waals surface area contributed by atoms with E-state index in [4.69, 9.17) is 5.11 Å². The number of carbonyl (C=O) groups is 1. The van der Waals surface area contributed by atoms with Crippen LogP contribution in [0.15, 0.2) is 18.2 Å². The van der Waals surface area contributed by atoms with Crippen molar-refractivity contribution in [2.24, 2.45) is 5.92 Å². The van der Waals surface area contributed by atoms with Crippen molar-refractivity contribution in [3.05, 3.63) is 23.9 Å². The molecule has 4 heteroatoms. The normalized spacial score (nSPS) is 11.3. The minimum atomic E-state index is -0.202. The van der Waals surface area contributed by atoms with Gasteiger partial charge in [-0.1, -0.05) is 32.3 Å². The fourth-order valence-electron chi connectivity index (χ4n) is 1.36. The molecule has 0 aromatic carbocycles. The Morgan fingerprint density at radius 3 is 3.00 bits per heavy atom. The van der Waals surface area contributed by atoms with Gasteiger partial charge in [-0.05, 0) is 24.0 Å². The van der Waals surface area contributed by atoms with Crippen LogP contribution in [-0.2, 0) is 4.79 Å². The van der Waals surface area contributed by atoms with Crippen molar-refractivity contribution < 1.29 is 9.90 Å². The summed E-state index contributed by atoms with van der Waals surface area (Å²) < 4.78 is 0. The number of hydrogen-bond acceptors (Lipinski definition) is 3. The first-order chi connectivity index (χ1) is 8.65. The number of nitrogens with one attached hydrogen (secondary N) is 1. The zero-order chi connectivity index (χ0) is 13.4. The predicted molar refractivity (Wildman–Crippen MR) is 70.9 cm³/mol. The molecule has 0 aliphatic heterocycles. The van der Waals surface area contributed by atoms with Crippen LogP contribution < -0.4 is 5.32 Å². The molecule has 0 radical (unpaired) electrons. The van der Waals surface area contributed by atoms with E-state index in [0.717, 1.165) is 6.42 Å². The lowest BCUT2D eigenvalue weighted by Crippen LogP contribution is -2.15. The summed E-state index contributed by atoms with van der Waals surface area (Å²) in [6.07, 6.45) is 1.47. The zero-order valence-electron chi connectivity index (χ0n) is 10.7. The molecule has 1 rings (SSSR count). The number of aliphatic hydroxyl groups excluding tert-OH is 1. The molecule has 0 saturated carbocycles. The third kappa shape index (κ3) is 4.98. The summed E-state index contributed by atoms with van der Waals surface area (Å²) in [5.74, 6) is 6.03. The van der Waals surface area contributed by atoms with Gasteiger partial charge in [-0.15, -0.1) is 0 Å². The number of pyridine rings is 1. The van der Waals surface area contributed by atoms with E-state index in [1.54, 1.807) is 18.2 Å². The van der Waals surface area contributed by atoms with Gasteiger partial charge in [0.05, 0.1) is 0 Å². The highest BCUT2D eigenvalue weighted by Crippen LogP contribution is 2.09. The van der Waals surface area contributed by atoms with Crippen LogP contribution in [0.4, 0.5) is 5.82 Å². The molecule has 96 valence electrons. The first kappa shape index (κ1) is 14.2. The first-order valence-corrected chi connectivity index (χ1v) is 6.02. The Kier molecular flexibility index (Phi) is 5.89. The average Bonchev–Trinajstić information content (AvgIpc) is 2.36. The molecule has 0 aliphatic rings. The third-order valence-electron chi connectivity index (χ3n) is 2.54. The Labute approximate surface area is 107 Å². The number of hydrogen-bond donors (Lipinski definition) is 2. The SMILES string of the molecule is CCC(C)CC(=O)Nc1cccc(C#CCO)n1. The van der Waals surface area contributed by atoms with Crippen molar-refractivity contribution in [2.75, 3.05) is 11.9 Å². The minimum Gasteiger partial charge on any atom is -0.384 e. The van der Waals surface area contributed by atoms with Gasteiger partial charge in [-0.25, -0.2) is 4.98 Å². The molecule has 2 N–H and O–H groups in total. The van der Waals surface area contributed by atoms with Crippen molar-refractivity contribution in [1.29, 1.82) is 0 Å². The van der Waals surface area contributed by atoms with Crippen LogP contribution >= 0.6 is 0 Å². The summed E-state index contributed by atoms with van der Waals surface area (Å²) in [6.45, 7) is 3.89. The van der Waals surface area contributed by atoms with Gasteiger partial charge in [0.1, 0.15) is 18.1 Å². The molecule has 1 aromatic heterocycles. The van der Waals surface area contributed by atoms with Gasteiger partial charge in [0.25, 0.3) is 0 Å². The average molecular weight is 246 g/mol. The molecule has 1 heterocycles. The Bertz CT molecular complexity index is 460. The van der Waals surface area contributed by atoms with E-state index in [1.165, 1.54) is 0 Å². The Morgan fingerprint density at radius 1 is 1.56 bits per heavy atom. The fraction of sp³-hybridized carbons (Fsp3) is 0.429. The maximum Gasteiger partial charge on any atom is 0.225 e. The zero-order valence-corrected chi connectivity index (χ0v) is 10.7. The minimum absolute atomic E-state index is 0.0379. The van der Waals surface area contributed by atoms with Gasteiger partial charge < -0.3 is 10.4 Å². The van der Waals surface area contributed by atoms with Crippen LogP contribution in [0, 0.1) is 17.8 Å². The molecule has 1 amide bonds. The number of amides is 1. The molecule has 0 bridgehead atoms. The van der Waals surface area contributed by atoms with Crippen molar-refractivity contribution in [3.8, 4) is 11.8 Å². The summed E-state index contributed by atoms with van der Waals surface area (Å²) in [7, 11) is 0. The van der Waals surface area contributed by atoms with Gasteiger partial charge in [0, 0.05) is 6.42 Å². The maximum atomic E-state index is 11.7. The van der Waals surface area contributed by atoms with Crippen LogP contribution in [0.1, 0.15) is 32.4 Å². The molecule has 4 nitrogen and oxygen atoms in total. The molecular formula is C14H18N2O2. The molecule has 0 aliphatic carbocycles. The van der Waals surface area contributed by atoms with Crippen molar-refractivity contribution in [2.45, 2.75) is 26.7 Å².